The molecular weight excluding hydrogens is 380 g/mol. The van der Waals surface area contributed by atoms with Gasteiger partial charge < -0.3 is 10.6 Å². The van der Waals surface area contributed by atoms with E-state index in [-0.39, 0.29) is 11.8 Å². The topological polar surface area (TPSA) is 58.2 Å². The van der Waals surface area contributed by atoms with Gasteiger partial charge in [0.1, 0.15) is 0 Å². The second-order valence-electron chi connectivity index (χ2n) is 6.77. The second-order valence-corrected chi connectivity index (χ2v) is 8.29. The molecule has 6 heteroatoms. The van der Waals surface area contributed by atoms with Crippen LogP contribution in [0.25, 0.3) is 6.08 Å². The predicted octanol–water partition coefficient (Wildman–Crippen LogP) is 5.20. The SMILES string of the molecule is CC(C)CCNC(=O)c1ccc2c(c1)NC(=O)/C(=C\c1cccc(Cl)c1)S2. The van der Waals surface area contributed by atoms with Gasteiger partial charge in [-0.2, -0.15) is 0 Å². The molecule has 2 amide bonds. The molecule has 0 atom stereocenters. The van der Waals surface area contributed by atoms with E-state index in [9.17, 15) is 9.59 Å². The Labute approximate surface area is 168 Å². The molecule has 27 heavy (non-hydrogen) atoms. The number of rotatable bonds is 5. The lowest BCUT2D eigenvalue weighted by Gasteiger charge is -2.19. The summed E-state index contributed by atoms with van der Waals surface area (Å²) in [5.74, 6) is 0.219. The predicted molar refractivity (Wildman–Crippen MR) is 112 cm³/mol. The number of carbonyl (C=O) groups excluding carboxylic acids is 2. The lowest BCUT2D eigenvalue weighted by molar-refractivity contribution is -0.112. The van der Waals surface area contributed by atoms with Crippen LogP contribution in [-0.2, 0) is 4.79 Å². The number of carbonyl (C=O) groups is 2. The van der Waals surface area contributed by atoms with Gasteiger partial charge in [-0.15, -0.1) is 0 Å². The number of hydrogen-bond acceptors (Lipinski definition) is 3. The van der Waals surface area contributed by atoms with Gasteiger partial charge in [0.2, 0.25) is 0 Å². The van der Waals surface area contributed by atoms with E-state index >= 15 is 0 Å². The molecule has 4 nitrogen and oxygen atoms in total. The Morgan fingerprint density at radius 2 is 2.07 bits per heavy atom. The van der Waals surface area contributed by atoms with Crippen LogP contribution in [0.3, 0.4) is 0 Å². The lowest BCUT2D eigenvalue weighted by Crippen LogP contribution is -2.26. The zero-order chi connectivity index (χ0) is 19.4. The van der Waals surface area contributed by atoms with E-state index in [1.54, 1.807) is 24.3 Å². The second kappa shape index (κ2) is 8.63. The number of thioether (sulfide) groups is 1. The van der Waals surface area contributed by atoms with E-state index in [1.165, 1.54) is 11.8 Å². The molecule has 0 spiro atoms. The molecule has 1 aliphatic rings. The third-order valence-electron chi connectivity index (χ3n) is 4.09. The summed E-state index contributed by atoms with van der Waals surface area (Å²) in [4.78, 5) is 26.2. The molecule has 0 aliphatic carbocycles. The van der Waals surface area contributed by atoms with Crippen molar-refractivity contribution in [1.29, 1.82) is 0 Å². The summed E-state index contributed by atoms with van der Waals surface area (Å²) in [7, 11) is 0. The highest BCUT2D eigenvalue weighted by Gasteiger charge is 2.22. The summed E-state index contributed by atoms with van der Waals surface area (Å²) < 4.78 is 0. The molecule has 2 N–H and O–H groups in total. The Morgan fingerprint density at radius 3 is 2.81 bits per heavy atom. The smallest absolute Gasteiger partial charge is 0.262 e. The van der Waals surface area contributed by atoms with E-state index in [1.807, 2.05) is 24.3 Å². The van der Waals surface area contributed by atoms with Crippen LogP contribution in [0, 0.1) is 5.92 Å². The number of amides is 2. The molecule has 3 rings (SSSR count). The van der Waals surface area contributed by atoms with Crippen molar-refractivity contribution in [3.05, 3.63) is 63.5 Å². The molecule has 0 unspecified atom stereocenters. The summed E-state index contributed by atoms with van der Waals surface area (Å²) in [5.41, 5.74) is 2.06. The molecule has 0 saturated carbocycles. The fraction of sp³-hybridized carbons (Fsp3) is 0.238. The number of hydrogen-bond donors (Lipinski definition) is 2. The van der Waals surface area contributed by atoms with Crippen molar-refractivity contribution in [3.63, 3.8) is 0 Å². The van der Waals surface area contributed by atoms with Gasteiger partial charge in [0, 0.05) is 22.0 Å². The minimum atomic E-state index is -0.190. The highest BCUT2D eigenvalue weighted by Crippen LogP contribution is 2.39. The van der Waals surface area contributed by atoms with Crippen LogP contribution in [0.1, 0.15) is 36.2 Å². The first kappa shape index (κ1) is 19.5. The molecular formula is C21H21ClN2O2S. The number of anilines is 1. The molecule has 140 valence electrons. The maximum Gasteiger partial charge on any atom is 0.262 e. The van der Waals surface area contributed by atoms with Crippen LogP contribution in [0.4, 0.5) is 5.69 Å². The Kier molecular flexibility index (Phi) is 6.24. The molecule has 0 aromatic heterocycles. The average molecular weight is 401 g/mol. The van der Waals surface area contributed by atoms with Gasteiger partial charge in [0.25, 0.3) is 11.8 Å². The maximum absolute atomic E-state index is 12.4. The molecule has 2 aromatic carbocycles. The van der Waals surface area contributed by atoms with Gasteiger partial charge in [0.15, 0.2) is 0 Å². The fourth-order valence-corrected chi connectivity index (χ4v) is 3.76. The van der Waals surface area contributed by atoms with Crippen molar-refractivity contribution in [3.8, 4) is 0 Å². The van der Waals surface area contributed by atoms with Crippen LogP contribution < -0.4 is 10.6 Å². The molecule has 1 heterocycles. The van der Waals surface area contributed by atoms with Crippen LogP contribution in [0.5, 0.6) is 0 Å². The third kappa shape index (κ3) is 5.15. The fourth-order valence-electron chi connectivity index (χ4n) is 2.63. The molecule has 2 aromatic rings. The van der Waals surface area contributed by atoms with Gasteiger partial charge in [0.05, 0.1) is 10.6 Å². The molecule has 1 aliphatic heterocycles. The first-order valence-electron chi connectivity index (χ1n) is 8.81. The van der Waals surface area contributed by atoms with Crippen LogP contribution in [-0.4, -0.2) is 18.4 Å². The van der Waals surface area contributed by atoms with Gasteiger partial charge in [-0.25, -0.2) is 0 Å². The minimum absolute atomic E-state index is 0.127. The first-order chi connectivity index (χ1) is 12.9. The lowest BCUT2D eigenvalue weighted by atomic mass is 10.1. The van der Waals surface area contributed by atoms with Crippen molar-refractivity contribution in [2.75, 3.05) is 11.9 Å². The minimum Gasteiger partial charge on any atom is -0.352 e. The zero-order valence-electron chi connectivity index (χ0n) is 15.2. The summed E-state index contributed by atoms with van der Waals surface area (Å²) in [6, 6.07) is 12.7. The maximum atomic E-state index is 12.4. The van der Waals surface area contributed by atoms with Gasteiger partial charge in [-0.3, -0.25) is 9.59 Å². The highest BCUT2D eigenvalue weighted by molar-refractivity contribution is 8.04. The Balaban J connectivity index is 1.75. The van der Waals surface area contributed by atoms with Gasteiger partial charge >= 0.3 is 0 Å². The van der Waals surface area contributed by atoms with Crippen molar-refractivity contribution in [1.82, 2.24) is 5.32 Å². The highest BCUT2D eigenvalue weighted by atomic mass is 35.5. The molecule has 0 bridgehead atoms. The number of benzene rings is 2. The third-order valence-corrected chi connectivity index (χ3v) is 5.42. The average Bonchev–Trinajstić information content (AvgIpc) is 2.61. The van der Waals surface area contributed by atoms with Crippen molar-refractivity contribution in [2.45, 2.75) is 25.2 Å². The monoisotopic (exact) mass is 400 g/mol. The molecule has 0 saturated heterocycles. The molecule has 0 radical (unpaired) electrons. The van der Waals surface area contributed by atoms with Crippen LogP contribution in [0.15, 0.2) is 52.3 Å². The van der Waals surface area contributed by atoms with E-state index in [0.717, 1.165) is 16.9 Å². The largest absolute Gasteiger partial charge is 0.352 e. The van der Waals surface area contributed by atoms with E-state index in [2.05, 4.69) is 24.5 Å². The summed E-state index contributed by atoms with van der Waals surface area (Å²) in [6.07, 6.45) is 2.74. The first-order valence-corrected chi connectivity index (χ1v) is 10.0. The number of nitrogens with one attached hydrogen (secondary N) is 2. The van der Waals surface area contributed by atoms with Gasteiger partial charge in [-0.1, -0.05) is 49.3 Å². The number of halogens is 1. The van der Waals surface area contributed by atoms with Crippen molar-refractivity contribution in [2.24, 2.45) is 5.92 Å². The van der Waals surface area contributed by atoms with Crippen molar-refractivity contribution < 1.29 is 9.59 Å². The van der Waals surface area contributed by atoms with Crippen molar-refractivity contribution >= 4 is 46.9 Å². The normalized spacial score (nSPS) is 14.8. The van der Waals surface area contributed by atoms with E-state index in [0.29, 0.717) is 33.6 Å². The van der Waals surface area contributed by atoms with Crippen LogP contribution >= 0.6 is 23.4 Å². The van der Waals surface area contributed by atoms with E-state index < -0.39 is 0 Å². The quantitative estimate of drug-likeness (QED) is 0.678. The standard InChI is InChI=1S/C21H21ClN2O2S/c1-13(2)8-9-23-20(25)15-6-7-18-17(12-15)24-21(26)19(27-18)11-14-4-3-5-16(22)10-14/h3-7,10-13H,8-9H2,1-2H3,(H,23,25)(H,24,26)/b19-11+. The summed E-state index contributed by atoms with van der Waals surface area (Å²) in [6.45, 7) is 4.87. The van der Waals surface area contributed by atoms with Gasteiger partial charge in [-0.05, 0) is 54.3 Å². The Bertz CT molecular complexity index is 909. The Hall–Kier alpha value is -2.24. The number of fused-ring (bicyclic) bond motifs is 1. The summed E-state index contributed by atoms with van der Waals surface area (Å²) >= 11 is 7.39. The molecule has 0 fully saturated rings. The Morgan fingerprint density at radius 1 is 1.26 bits per heavy atom. The summed E-state index contributed by atoms with van der Waals surface area (Å²) in [5, 5.41) is 6.41. The van der Waals surface area contributed by atoms with E-state index in [4.69, 9.17) is 11.6 Å². The van der Waals surface area contributed by atoms with Crippen LogP contribution in [0.2, 0.25) is 5.02 Å². The zero-order valence-corrected chi connectivity index (χ0v) is 16.8.